The lowest BCUT2D eigenvalue weighted by atomic mass is 10.2. The third-order valence-electron chi connectivity index (χ3n) is 1.29. The highest BCUT2D eigenvalue weighted by molar-refractivity contribution is 6.25. The molecule has 0 radical (unpaired) electrons. The molecule has 1 rings (SSSR count). The van der Waals surface area contributed by atoms with E-state index >= 15 is 0 Å². The summed E-state index contributed by atoms with van der Waals surface area (Å²) in [5.41, 5.74) is 0.861. The Morgan fingerprint density at radius 2 is 1.93 bits per heavy atom. The molecular weight excluding hydrogens is 200 g/mol. The van der Waals surface area contributed by atoms with Crippen LogP contribution in [0.5, 0.6) is 5.75 Å². The molecule has 0 heterocycles. The molecule has 14 heavy (non-hydrogen) atoms. The molecule has 0 saturated heterocycles. The van der Waals surface area contributed by atoms with Gasteiger partial charge in [0.15, 0.2) is 0 Å². The van der Waals surface area contributed by atoms with Gasteiger partial charge in [0.25, 0.3) is 0 Å². The van der Waals surface area contributed by atoms with Crippen molar-refractivity contribution in [2.75, 3.05) is 0 Å². The van der Waals surface area contributed by atoms with E-state index in [-0.39, 0.29) is 0 Å². The lowest BCUT2D eigenvalue weighted by molar-refractivity contribution is -0.106. The number of carbonyl (C=O) groups is 1. The van der Waals surface area contributed by atoms with Crippen molar-refractivity contribution in [3.05, 3.63) is 29.8 Å². The standard InChI is InChI=1S/C7H8O3Si.C2H4O/c1-6-4-2-3-5-7(6)10-11(8)9;1-2-3/h2-5,8H,1H3;2H,1H3. The molecule has 1 aromatic carbocycles. The molecule has 1 aromatic rings. The second kappa shape index (κ2) is 6.96. The topological polar surface area (TPSA) is 63.6 Å². The van der Waals surface area contributed by atoms with Gasteiger partial charge in [-0.25, -0.2) is 0 Å². The lowest BCUT2D eigenvalue weighted by Gasteiger charge is -2.01. The smallest absolute Gasteiger partial charge is 0.511 e. The van der Waals surface area contributed by atoms with E-state index in [1.807, 2.05) is 19.1 Å². The van der Waals surface area contributed by atoms with Crippen LogP contribution in [-0.2, 0) is 9.26 Å². The first-order valence-corrected chi connectivity index (χ1v) is 5.24. The zero-order valence-corrected chi connectivity index (χ0v) is 9.06. The van der Waals surface area contributed by atoms with Crippen molar-refractivity contribution >= 4 is 15.5 Å². The van der Waals surface area contributed by atoms with Gasteiger partial charge >= 0.3 is 9.17 Å². The number of carbonyl (C=O) groups excluding carboxylic acids is 1. The summed E-state index contributed by atoms with van der Waals surface area (Å²) in [6.45, 7) is 3.26. The van der Waals surface area contributed by atoms with E-state index in [2.05, 4.69) is 4.43 Å². The first-order chi connectivity index (χ1) is 6.61. The van der Waals surface area contributed by atoms with Crippen molar-refractivity contribution in [3.8, 4) is 5.75 Å². The first kappa shape index (κ1) is 12.5. The van der Waals surface area contributed by atoms with E-state index in [4.69, 9.17) is 9.59 Å². The molecule has 5 heteroatoms. The van der Waals surface area contributed by atoms with Crippen LogP contribution in [0.3, 0.4) is 0 Å². The molecule has 0 amide bonds. The number of hydrogen-bond acceptors (Lipinski definition) is 3. The van der Waals surface area contributed by atoms with Crippen molar-refractivity contribution in [2.24, 2.45) is 0 Å². The Hall–Kier alpha value is -1.49. The summed E-state index contributed by atoms with van der Waals surface area (Å²) < 4.78 is 14.9. The zero-order valence-electron chi connectivity index (χ0n) is 8.06. The summed E-state index contributed by atoms with van der Waals surface area (Å²) in [4.78, 5) is 17.3. The van der Waals surface area contributed by atoms with E-state index < -0.39 is 9.17 Å². The monoisotopic (exact) mass is 212 g/mol. The van der Waals surface area contributed by atoms with Gasteiger partial charge in [0, 0.05) is 0 Å². The van der Waals surface area contributed by atoms with Crippen LogP contribution in [0.15, 0.2) is 24.3 Å². The first-order valence-electron chi connectivity index (χ1n) is 3.98. The molecule has 0 aliphatic heterocycles. The largest absolute Gasteiger partial charge is 0.770 e. The molecule has 0 bridgehead atoms. The molecule has 0 atom stereocenters. The van der Waals surface area contributed by atoms with Gasteiger partial charge in [-0.15, -0.1) is 0 Å². The van der Waals surface area contributed by atoms with Gasteiger partial charge in [0.2, 0.25) is 0 Å². The van der Waals surface area contributed by atoms with Crippen LogP contribution < -0.4 is 4.43 Å². The fraction of sp³-hybridized carbons (Fsp3) is 0.222. The van der Waals surface area contributed by atoms with Gasteiger partial charge in [-0.3, -0.25) is 4.46 Å². The minimum absolute atomic E-state index is 0.471. The Bertz CT molecular complexity index is 311. The average Bonchev–Trinajstić information content (AvgIpc) is 2.09. The summed E-state index contributed by atoms with van der Waals surface area (Å²) in [5.74, 6) is 0.471. The highest BCUT2D eigenvalue weighted by atomic mass is 28.3. The van der Waals surface area contributed by atoms with Crippen LogP contribution in [-0.4, -0.2) is 20.3 Å². The molecule has 0 fully saturated rings. The number of aryl methyl sites for hydroxylation is 1. The fourth-order valence-corrected chi connectivity index (χ4v) is 1.18. The zero-order chi connectivity index (χ0) is 11.0. The van der Waals surface area contributed by atoms with Crippen LogP contribution in [0, 0.1) is 6.92 Å². The SMILES string of the molecule is CC=O.Cc1ccccc1O[Si](=O)O. The maximum absolute atomic E-state index is 10.3. The third kappa shape index (κ3) is 5.21. The van der Waals surface area contributed by atoms with Gasteiger partial charge in [0.05, 0.1) is 0 Å². The van der Waals surface area contributed by atoms with Crippen LogP contribution in [0.1, 0.15) is 12.5 Å². The Balaban J connectivity index is 0.000000500. The maximum atomic E-state index is 10.3. The normalized spacial score (nSPS) is 8.14. The quantitative estimate of drug-likeness (QED) is 0.586. The molecule has 0 aliphatic carbocycles. The molecule has 0 aliphatic rings. The highest BCUT2D eigenvalue weighted by Gasteiger charge is 2.06. The van der Waals surface area contributed by atoms with Crippen molar-refractivity contribution in [1.29, 1.82) is 0 Å². The molecule has 4 nitrogen and oxygen atoms in total. The van der Waals surface area contributed by atoms with Crippen LogP contribution in [0.25, 0.3) is 0 Å². The summed E-state index contributed by atoms with van der Waals surface area (Å²) in [7, 11) is -2.86. The van der Waals surface area contributed by atoms with Crippen LogP contribution >= 0.6 is 0 Å². The fourth-order valence-electron chi connectivity index (χ4n) is 0.765. The molecule has 1 N–H and O–H groups in total. The minimum atomic E-state index is -2.86. The van der Waals surface area contributed by atoms with Gasteiger partial charge in [-0.2, -0.15) is 0 Å². The molecule has 0 saturated carbocycles. The minimum Gasteiger partial charge on any atom is -0.511 e. The van der Waals surface area contributed by atoms with E-state index in [0.29, 0.717) is 5.75 Å². The number of hydrogen-bond donors (Lipinski definition) is 1. The predicted molar refractivity (Wildman–Crippen MR) is 52.2 cm³/mol. The van der Waals surface area contributed by atoms with Gasteiger partial charge in [-0.05, 0) is 25.5 Å². The van der Waals surface area contributed by atoms with Crippen molar-refractivity contribution < 1.29 is 18.5 Å². The summed E-state index contributed by atoms with van der Waals surface area (Å²) in [5, 5.41) is 0. The Morgan fingerprint density at radius 1 is 1.43 bits per heavy atom. The summed E-state index contributed by atoms with van der Waals surface area (Å²) in [6.07, 6.45) is 0.750. The average molecular weight is 212 g/mol. The number of benzene rings is 1. The van der Waals surface area contributed by atoms with Crippen molar-refractivity contribution in [1.82, 2.24) is 0 Å². The number of rotatable bonds is 2. The molecule has 0 unspecified atom stereocenters. The summed E-state index contributed by atoms with van der Waals surface area (Å²) >= 11 is 0. The van der Waals surface area contributed by atoms with E-state index in [0.717, 1.165) is 11.8 Å². The van der Waals surface area contributed by atoms with E-state index in [1.165, 1.54) is 6.92 Å². The second-order valence-electron chi connectivity index (χ2n) is 2.37. The van der Waals surface area contributed by atoms with Crippen molar-refractivity contribution in [3.63, 3.8) is 0 Å². The van der Waals surface area contributed by atoms with Gasteiger partial charge < -0.3 is 14.0 Å². The maximum Gasteiger partial charge on any atom is 0.770 e. The Labute approximate surface area is 84.1 Å². The Morgan fingerprint density at radius 3 is 2.36 bits per heavy atom. The van der Waals surface area contributed by atoms with Crippen LogP contribution in [0.2, 0.25) is 0 Å². The third-order valence-corrected chi connectivity index (χ3v) is 1.69. The molecule has 0 spiro atoms. The number of aldehydes is 1. The van der Waals surface area contributed by atoms with Gasteiger partial charge in [0.1, 0.15) is 12.0 Å². The Kier molecular flexibility index (Phi) is 6.22. The highest BCUT2D eigenvalue weighted by Crippen LogP contribution is 2.15. The van der Waals surface area contributed by atoms with E-state index in [1.54, 1.807) is 12.1 Å². The molecular formula is C9H12O4Si. The number of para-hydroxylation sites is 1. The van der Waals surface area contributed by atoms with Crippen LogP contribution in [0.4, 0.5) is 0 Å². The summed E-state index contributed by atoms with van der Waals surface area (Å²) in [6, 6.07) is 7.08. The van der Waals surface area contributed by atoms with Crippen molar-refractivity contribution in [2.45, 2.75) is 13.8 Å². The predicted octanol–water partition coefficient (Wildman–Crippen LogP) is 0.987. The second-order valence-corrected chi connectivity index (χ2v) is 3.11. The molecule has 76 valence electrons. The van der Waals surface area contributed by atoms with Gasteiger partial charge in [-0.1, -0.05) is 18.2 Å². The molecule has 0 aromatic heterocycles. The lowest BCUT2D eigenvalue weighted by Crippen LogP contribution is -2.09. The van der Waals surface area contributed by atoms with E-state index in [9.17, 15) is 4.46 Å².